The molecule has 1 N–H and O–H groups in total. The van der Waals surface area contributed by atoms with Crippen molar-refractivity contribution in [2.75, 3.05) is 12.9 Å². The maximum absolute atomic E-state index is 14.3. The molecule has 0 bridgehead atoms. The SMILES string of the molecule is CC(C)(CC(O)(Cn1ccc2c1CCCC2=O)C(F)(F)F)c1cc(S(C)(=O)=O)cc2c1OCC2. The number of benzene rings is 1. The molecule has 0 fully saturated rings. The molecular formula is C24H28F3NO5S. The largest absolute Gasteiger partial charge is 0.493 e. The van der Waals surface area contributed by atoms with E-state index in [2.05, 4.69) is 0 Å². The van der Waals surface area contributed by atoms with Crippen molar-refractivity contribution in [2.45, 2.75) is 74.6 Å². The van der Waals surface area contributed by atoms with Gasteiger partial charge in [-0.05, 0) is 48.4 Å². The minimum Gasteiger partial charge on any atom is -0.493 e. The number of carbonyl (C=O) groups is 1. The Kier molecular flexibility index (Phi) is 5.92. The molecular weight excluding hydrogens is 471 g/mol. The average Bonchev–Trinajstić information content (AvgIpc) is 3.33. The van der Waals surface area contributed by atoms with E-state index in [9.17, 15) is 31.5 Å². The van der Waals surface area contributed by atoms with Crippen LogP contribution in [0.3, 0.4) is 0 Å². The molecule has 1 unspecified atom stereocenters. The number of ether oxygens (including phenoxy) is 1. The molecule has 2 aromatic rings. The normalized spacial score (nSPS) is 18.3. The Morgan fingerprint density at radius 3 is 2.50 bits per heavy atom. The summed E-state index contributed by atoms with van der Waals surface area (Å²) in [5, 5.41) is 11.1. The first-order valence-corrected chi connectivity index (χ1v) is 13.0. The number of sulfone groups is 1. The molecule has 1 aliphatic heterocycles. The molecule has 10 heteroatoms. The van der Waals surface area contributed by atoms with Gasteiger partial charge >= 0.3 is 6.18 Å². The van der Waals surface area contributed by atoms with Crippen LogP contribution in [0.4, 0.5) is 13.2 Å². The van der Waals surface area contributed by atoms with E-state index in [1.807, 2.05) is 0 Å². The second kappa shape index (κ2) is 8.12. The summed E-state index contributed by atoms with van der Waals surface area (Å²) < 4.78 is 74.5. The average molecular weight is 500 g/mol. The highest BCUT2D eigenvalue weighted by Crippen LogP contribution is 2.47. The van der Waals surface area contributed by atoms with Crippen LogP contribution >= 0.6 is 0 Å². The highest BCUT2D eigenvalue weighted by Gasteiger charge is 2.56. The maximum atomic E-state index is 14.3. The van der Waals surface area contributed by atoms with Crippen LogP contribution in [0.1, 0.15) is 60.3 Å². The van der Waals surface area contributed by atoms with Gasteiger partial charge in [0.1, 0.15) is 5.75 Å². The molecule has 4 rings (SSSR count). The standard InChI is InChI=1S/C24H28F3NO5S/c1-22(2,18-12-16(34(3,31)32)11-15-8-10-33-21(15)18)13-23(30,24(25,26)27)14-28-9-7-17-19(28)5-4-6-20(17)29/h7,9,11-12,30H,4-6,8,10,13-14H2,1-3H3. The molecule has 1 atom stereocenters. The summed E-state index contributed by atoms with van der Waals surface area (Å²) in [5.41, 5.74) is -2.57. The zero-order chi connectivity index (χ0) is 25.1. The number of rotatable bonds is 6. The Morgan fingerprint density at radius 2 is 1.85 bits per heavy atom. The second-order valence-corrected chi connectivity index (χ2v) is 12.0. The van der Waals surface area contributed by atoms with E-state index in [0.717, 1.165) is 6.26 Å². The lowest BCUT2D eigenvalue weighted by molar-refractivity contribution is -0.271. The number of alkyl halides is 3. The molecule has 2 aliphatic rings. The van der Waals surface area contributed by atoms with Crippen molar-refractivity contribution in [3.05, 3.63) is 46.8 Å². The molecule has 0 amide bonds. The molecule has 0 radical (unpaired) electrons. The number of carbonyl (C=O) groups excluding carboxylic acids is 1. The number of aliphatic hydroxyl groups is 1. The van der Waals surface area contributed by atoms with Crippen LogP contribution < -0.4 is 4.74 Å². The Bertz CT molecular complexity index is 1250. The fraction of sp³-hybridized carbons (Fsp3) is 0.542. The number of hydrogen-bond acceptors (Lipinski definition) is 5. The molecule has 6 nitrogen and oxygen atoms in total. The third-order valence-corrected chi connectivity index (χ3v) is 7.90. The van der Waals surface area contributed by atoms with Crippen LogP contribution in [0, 0.1) is 0 Å². The topological polar surface area (TPSA) is 85.6 Å². The molecule has 1 aliphatic carbocycles. The second-order valence-electron chi connectivity index (χ2n) is 10.0. The van der Waals surface area contributed by atoms with Crippen molar-refractivity contribution < 1.29 is 36.2 Å². The van der Waals surface area contributed by atoms with E-state index < -0.39 is 40.0 Å². The summed E-state index contributed by atoms with van der Waals surface area (Å²) in [7, 11) is -3.61. The van der Waals surface area contributed by atoms with Crippen LogP contribution in [-0.4, -0.2) is 48.5 Å². The number of halogens is 3. The van der Waals surface area contributed by atoms with Crippen molar-refractivity contribution in [2.24, 2.45) is 0 Å². The highest BCUT2D eigenvalue weighted by molar-refractivity contribution is 7.90. The molecule has 2 heterocycles. The van der Waals surface area contributed by atoms with Gasteiger partial charge in [-0.2, -0.15) is 13.2 Å². The van der Waals surface area contributed by atoms with Gasteiger partial charge in [-0.15, -0.1) is 0 Å². The quantitative estimate of drug-likeness (QED) is 0.649. The van der Waals surface area contributed by atoms with Crippen LogP contribution in [0.25, 0.3) is 0 Å². The number of Topliss-reactive ketones (excluding diaryl/α,β-unsaturated/α-hetero) is 1. The van der Waals surface area contributed by atoms with E-state index in [0.29, 0.717) is 60.4 Å². The van der Waals surface area contributed by atoms with Gasteiger partial charge in [-0.3, -0.25) is 4.79 Å². The lowest BCUT2D eigenvalue weighted by Gasteiger charge is -2.39. The summed E-state index contributed by atoms with van der Waals surface area (Å²) in [6, 6.07) is 4.36. The van der Waals surface area contributed by atoms with Crippen molar-refractivity contribution in [1.82, 2.24) is 4.57 Å². The number of ketones is 1. The third-order valence-electron chi connectivity index (χ3n) is 6.80. The Morgan fingerprint density at radius 1 is 1.15 bits per heavy atom. The summed E-state index contributed by atoms with van der Waals surface area (Å²) in [4.78, 5) is 12.1. The number of nitrogens with zero attached hydrogens (tertiary/aromatic N) is 1. The number of fused-ring (bicyclic) bond motifs is 2. The molecule has 186 valence electrons. The van der Waals surface area contributed by atoms with Gasteiger partial charge in [0.05, 0.1) is 18.0 Å². The monoisotopic (exact) mass is 499 g/mol. The minimum atomic E-state index is -4.97. The van der Waals surface area contributed by atoms with Crippen molar-refractivity contribution in [3.63, 3.8) is 0 Å². The predicted octanol–water partition coefficient (Wildman–Crippen LogP) is 4.01. The summed E-state index contributed by atoms with van der Waals surface area (Å²) in [6.07, 6.45) is -1.42. The smallest absolute Gasteiger partial charge is 0.418 e. The van der Waals surface area contributed by atoms with Crippen molar-refractivity contribution in [3.8, 4) is 5.75 Å². The van der Waals surface area contributed by atoms with Gasteiger partial charge in [0.25, 0.3) is 0 Å². The van der Waals surface area contributed by atoms with Crippen LogP contribution in [0.5, 0.6) is 5.75 Å². The van der Waals surface area contributed by atoms with Crippen molar-refractivity contribution in [1.29, 1.82) is 0 Å². The molecule has 0 saturated carbocycles. The van der Waals surface area contributed by atoms with Gasteiger partial charge in [0.15, 0.2) is 21.2 Å². The maximum Gasteiger partial charge on any atom is 0.418 e. The Hall–Kier alpha value is -2.33. The molecule has 0 saturated heterocycles. The molecule has 34 heavy (non-hydrogen) atoms. The number of hydrogen-bond donors (Lipinski definition) is 1. The molecule has 1 aromatic carbocycles. The predicted molar refractivity (Wildman–Crippen MR) is 119 cm³/mol. The van der Waals surface area contributed by atoms with Gasteiger partial charge < -0.3 is 14.4 Å². The van der Waals surface area contributed by atoms with E-state index in [1.165, 1.54) is 29.0 Å². The molecule has 1 aromatic heterocycles. The summed E-state index contributed by atoms with van der Waals surface area (Å²) in [5.74, 6) is 0.270. The Balaban J connectivity index is 1.75. The van der Waals surface area contributed by atoms with E-state index >= 15 is 0 Å². The lowest BCUT2D eigenvalue weighted by Crippen LogP contribution is -2.52. The van der Waals surface area contributed by atoms with Gasteiger partial charge in [0.2, 0.25) is 0 Å². The van der Waals surface area contributed by atoms with Crippen LogP contribution in [0.2, 0.25) is 0 Å². The lowest BCUT2D eigenvalue weighted by atomic mass is 9.74. The van der Waals surface area contributed by atoms with Gasteiger partial charge in [0, 0.05) is 42.1 Å². The van der Waals surface area contributed by atoms with Crippen LogP contribution in [0.15, 0.2) is 29.3 Å². The van der Waals surface area contributed by atoms with Gasteiger partial charge in [-0.1, -0.05) is 13.8 Å². The van der Waals surface area contributed by atoms with E-state index in [-0.39, 0.29) is 10.7 Å². The zero-order valence-electron chi connectivity index (χ0n) is 19.3. The third kappa shape index (κ3) is 4.37. The first-order valence-electron chi connectivity index (χ1n) is 11.1. The fourth-order valence-electron chi connectivity index (χ4n) is 5.09. The van der Waals surface area contributed by atoms with E-state index in [1.54, 1.807) is 13.8 Å². The number of aromatic nitrogens is 1. The van der Waals surface area contributed by atoms with Crippen molar-refractivity contribution >= 4 is 15.6 Å². The fourth-order valence-corrected chi connectivity index (χ4v) is 5.77. The van der Waals surface area contributed by atoms with E-state index in [4.69, 9.17) is 4.74 Å². The zero-order valence-corrected chi connectivity index (χ0v) is 20.1. The first kappa shape index (κ1) is 24.8. The summed E-state index contributed by atoms with van der Waals surface area (Å²) in [6.45, 7) is 2.62. The summed E-state index contributed by atoms with van der Waals surface area (Å²) >= 11 is 0. The first-order chi connectivity index (χ1) is 15.6. The minimum absolute atomic E-state index is 0.00775. The Labute approximate surface area is 196 Å². The van der Waals surface area contributed by atoms with Gasteiger partial charge in [-0.25, -0.2) is 8.42 Å². The molecule has 0 spiro atoms. The van der Waals surface area contributed by atoms with Crippen LogP contribution in [-0.2, 0) is 34.6 Å². The highest BCUT2D eigenvalue weighted by atomic mass is 32.2.